The Labute approximate surface area is 147 Å². The molecule has 3 rings (SSSR count). The van der Waals surface area contributed by atoms with Crippen molar-refractivity contribution in [2.24, 2.45) is 14.1 Å². The van der Waals surface area contributed by atoms with Crippen molar-refractivity contribution >= 4 is 22.5 Å². The van der Waals surface area contributed by atoms with E-state index in [4.69, 9.17) is 16.7 Å². The fourth-order valence-electron chi connectivity index (χ4n) is 2.96. The number of rotatable bonds is 4. The van der Waals surface area contributed by atoms with Gasteiger partial charge in [-0.25, -0.2) is 4.79 Å². The van der Waals surface area contributed by atoms with Crippen LogP contribution in [0.3, 0.4) is 0 Å². The van der Waals surface area contributed by atoms with Crippen LogP contribution in [0.5, 0.6) is 0 Å². The minimum atomic E-state index is -0.999. The van der Waals surface area contributed by atoms with Gasteiger partial charge in [0.05, 0.1) is 35.9 Å². The molecule has 1 unspecified atom stereocenters. The van der Waals surface area contributed by atoms with Gasteiger partial charge in [-0.15, -0.1) is 0 Å². The lowest BCUT2D eigenvalue weighted by Gasteiger charge is -2.13. The second-order valence-electron chi connectivity index (χ2n) is 5.94. The molecule has 0 aliphatic heterocycles. The van der Waals surface area contributed by atoms with E-state index in [9.17, 15) is 14.7 Å². The third-order valence-electron chi connectivity index (χ3n) is 4.23. The lowest BCUT2D eigenvalue weighted by Crippen LogP contribution is -2.36. The number of aliphatic hydroxyl groups is 2. The molecule has 0 aliphatic carbocycles. The normalized spacial score (nSPS) is 12.7. The number of hydrogen-bond acceptors (Lipinski definition) is 4. The zero-order valence-corrected chi connectivity index (χ0v) is 14.6. The van der Waals surface area contributed by atoms with Gasteiger partial charge in [0.2, 0.25) is 0 Å². The van der Waals surface area contributed by atoms with Crippen molar-refractivity contribution in [1.29, 1.82) is 0 Å². The largest absolute Gasteiger partial charge is 0.394 e. The zero-order chi connectivity index (χ0) is 18.3. The summed E-state index contributed by atoms with van der Waals surface area (Å²) in [5.41, 5.74) is 0.818. The van der Waals surface area contributed by atoms with Crippen molar-refractivity contribution in [3.8, 4) is 11.3 Å². The molecule has 0 aliphatic rings. The molecule has 0 radical (unpaired) electrons. The van der Waals surface area contributed by atoms with E-state index in [2.05, 4.69) is 0 Å². The van der Waals surface area contributed by atoms with Crippen molar-refractivity contribution < 1.29 is 10.2 Å². The molecule has 2 heterocycles. The highest BCUT2D eigenvalue weighted by Crippen LogP contribution is 2.29. The summed E-state index contributed by atoms with van der Waals surface area (Å²) in [7, 11) is 3.00. The molecule has 2 N–H and O–H groups in total. The van der Waals surface area contributed by atoms with E-state index >= 15 is 0 Å². The number of hydrogen-bond donors (Lipinski definition) is 2. The number of aliphatic hydroxyl groups excluding tert-OH is 2. The number of benzene rings is 1. The first-order chi connectivity index (χ1) is 11.8. The average Bonchev–Trinajstić information content (AvgIpc) is 2.97. The van der Waals surface area contributed by atoms with Crippen LogP contribution in [-0.4, -0.2) is 36.6 Å². The third-order valence-corrected chi connectivity index (χ3v) is 4.46. The highest BCUT2D eigenvalue weighted by Gasteiger charge is 2.20. The van der Waals surface area contributed by atoms with Crippen LogP contribution >= 0.6 is 11.6 Å². The van der Waals surface area contributed by atoms with E-state index in [1.54, 1.807) is 42.1 Å². The molecule has 0 saturated carbocycles. The lowest BCUT2D eigenvalue weighted by molar-refractivity contribution is 0.0817. The van der Waals surface area contributed by atoms with Crippen molar-refractivity contribution in [1.82, 2.24) is 13.7 Å². The maximum absolute atomic E-state index is 12.7. The Hall–Kier alpha value is -2.35. The van der Waals surface area contributed by atoms with E-state index in [1.807, 2.05) is 0 Å². The summed E-state index contributed by atoms with van der Waals surface area (Å²) in [6.07, 6.45) is 0.633. The first-order valence-electron chi connectivity index (χ1n) is 7.69. The van der Waals surface area contributed by atoms with Crippen LogP contribution in [0.2, 0.25) is 5.02 Å². The standard InChI is InChI=1S/C17H18ClN3O4/c1-19-13-8-21(7-12(23)9-22)15(10-4-3-5-11(18)6-10)14(13)16(24)20(2)17(19)25/h3-6,8,12,22-23H,7,9H2,1-2H3. The Morgan fingerprint density at radius 3 is 2.56 bits per heavy atom. The number of nitrogens with zero attached hydrogens (tertiary/aromatic N) is 3. The predicted octanol–water partition coefficient (Wildman–Crippen LogP) is 0.712. The highest BCUT2D eigenvalue weighted by molar-refractivity contribution is 6.30. The SMILES string of the molecule is Cn1c(=O)c2c(-c3cccc(Cl)c3)n(CC(O)CO)cc2n(C)c1=O. The summed E-state index contributed by atoms with van der Waals surface area (Å²) in [6.45, 7) is -0.342. The summed E-state index contributed by atoms with van der Waals surface area (Å²) in [5, 5.41) is 19.9. The van der Waals surface area contributed by atoms with Gasteiger partial charge in [0.1, 0.15) is 0 Å². The molecule has 0 bridgehead atoms. The molecule has 0 amide bonds. The molecule has 0 spiro atoms. The van der Waals surface area contributed by atoms with E-state index in [-0.39, 0.29) is 6.54 Å². The molecule has 25 heavy (non-hydrogen) atoms. The smallest absolute Gasteiger partial charge is 0.330 e. The topological polar surface area (TPSA) is 89.4 Å². The summed E-state index contributed by atoms with van der Waals surface area (Å²) < 4.78 is 4.09. The zero-order valence-electron chi connectivity index (χ0n) is 13.8. The van der Waals surface area contributed by atoms with Crippen LogP contribution in [0, 0.1) is 0 Å². The molecule has 1 aromatic carbocycles. The summed E-state index contributed by atoms with van der Waals surface area (Å²) in [4.78, 5) is 24.9. The van der Waals surface area contributed by atoms with Crippen LogP contribution in [-0.2, 0) is 20.6 Å². The third kappa shape index (κ3) is 2.90. The molecule has 0 saturated heterocycles. The number of aromatic nitrogens is 3. The molecule has 3 aromatic rings. The van der Waals surface area contributed by atoms with Crippen molar-refractivity contribution in [3.05, 3.63) is 56.3 Å². The quantitative estimate of drug-likeness (QED) is 0.714. The van der Waals surface area contributed by atoms with Crippen molar-refractivity contribution in [2.75, 3.05) is 6.61 Å². The molecule has 1 atom stereocenters. The van der Waals surface area contributed by atoms with Gasteiger partial charge in [0.25, 0.3) is 5.56 Å². The van der Waals surface area contributed by atoms with Gasteiger partial charge >= 0.3 is 5.69 Å². The molecular formula is C17H18ClN3O4. The minimum absolute atomic E-state index is 0.0738. The molecule has 2 aromatic heterocycles. The Balaban J connectivity index is 2.44. The summed E-state index contributed by atoms with van der Waals surface area (Å²) >= 11 is 6.09. The average molecular weight is 364 g/mol. The van der Waals surface area contributed by atoms with E-state index < -0.39 is 24.0 Å². The summed E-state index contributed by atoms with van der Waals surface area (Å²) in [5.74, 6) is 0. The monoisotopic (exact) mass is 363 g/mol. The molecular weight excluding hydrogens is 346 g/mol. The maximum atomic E-state index is 12.7. The predicted molar refractivity (Wildman–Crippen MR) is 96.0 cm³/mol. The van der Waals surface area contributed by atoms with Crippen LogP contribution in [0.4, 0.5) is 0 Å². The second-order valence-corrected chi connectivity index (χ2v) is 6.38. The fraction of sp³-hybridized carbons (Fsp3) is 0.294. The van der Waals surface area contributed by atoms with Gasteiger partial charge in [-0.05, 0) is 12.1 Å². The maximum Gasteiger partial charge on any atom is 0.330 e. The molecule has 0 fully saturated rings. The minimum Gasteiger partial charge on any atom is -0.394 e. The molecule has 7 nitrogen and oxygen atoms in total. The van der Waals surface area contributed by atoms with E-state index in [1.165, 1.54) is 11.6 Å². The Morgan fingerprint density at radius 2 is 1.92 bits per heavy atom. The number of aryl methyl sites for hydroxylation is 1. The van der Waals surface area contributed by atoms with Gasteiger partial charge in [0, 0.05) is 30.9 Å². The Morgan fingerprint density at radius 1 is 1.20 bits per heavy atom. The van der Waals surface area contributed by atoms with Gasteiger partial charge in [-0.1, -0.05) is 23.7 Å². The van der Waals surface area contributed by atoms with Gasteiger partial charge in [-0.2, -0.15) is 0 Å². The number of fused-ring (bicyclic) bond motifs is 1. The van der Waals surface area contributed by atoms with Gasteiger partial charge in [0.15, 0.2) is 0 Å². The number of halogens is 1. The van der Waals surface area contributed by atoms with Crippen molar-refractivity contribution in [3.63, 3.8) is 0 Å². The molecule has 8 heteroatoms. The second kappa shape index (κ2) is 6.51. The first-order valence-corrected chi connectivity index (χ1v) is 8.06. The summed E-state index contributed by atoms with van der Waals surface area (Å²) in [6, 6.07) is 6.99. The van der Waals surface area contributed by atoms with Crippen LogP contribution in [0.15, 0.2) is 40.1 Å². The van der Waals surface area contributed by atoms with Gasteiger partial charge in [-0.3, -0.25) is 13.9 Å². The Bertz CT molecular complexity index is 1060. The Kier molecular flexibility index (Phi) is 4.55. The van der Waals surface area contributed by atoms with E-state index in [0.29, 0.717) is 27.2 Å². The van der Waals surface area contributed by atoms with E-state index in [0.717, 1.165) is 4.57 Å². The van der Waals surface area contributed by atoms with Crippen LogP contribution < -0.4 is 11.2 Å². The van der Waals surface area contributed by atoms with Gasteiger partial charge < -0.3 is 14.8 Å². The lowest BCUT2D eigenvalue weighted by atomic mass is 10.1. The van der Waals surface area contributed by atoms with Crippen LogP contribution in [0.1, 0.15) is 0 Å². The molecule has 132 valence electrons. The van der Waals surface area contributed by atoms with Crippen molar-refractivity contribution in [2.45, 2.75) is 12.6 Å². The van der Waals surface area contributed by atoms with Crippen LogP contribution in [0.25, 0.3) is 22.2 Å². The fourth-order valence-corrected chi connectivity index (χ4v) is 3.15. The first kappa shape index (κ1) is 17.5. The highest BCUT2D eigenvalue weighted by atomic mass is 35.5.